The van der Waals surface area contributed by atoms with Crippen molar-refractivity contribution in [1.29, 1.82) is 0 Å². The Bertz CT molecular complexity index is 445. The molecule has 0 spiro atoms. The highest BCUT2D eigenvalue weighted by Crippen LogP contribution is 2.20. The highest BCUT2D eigenvalue weighted by molar-refractivity contribution is 5.44. The van der Waals surface area contributed by atoms with E-state index in [1.165, 1.54) is 0 Å². The molecule has 1 saturated heterocycles. The van der Waals surface area contributed by atoms with Crippen molar-refractivity contribution in [3.05, 3.63) is 0 Å². The predicted octanol–water partition coefficient (Wildman–Crippen LogP) is 1.37. The van der Waals surface area contributed by atoms with Gasteiger partial charge in [0.15, 0.2) is 0 Å². The third-order valence-corrected chi connectivity index (χ3v) is 3.47. The Balaban J connectivity index is 2.11. The zero-order chi connectivity index (χ0) is 15.2. The largest absolute Gasteiger partial charge is 0.378 e. The van der Waals surface area contributed by atoms with Gasteiger partial charge in [-0.05, 0) is 26.7 Å². The van der Waals surface area contributed by atoms with Gasteiger partial charge < -0.3 is 19.9 Å². The van der Waals surface area contributed by atoms with E-state index in [4.69, 9.17) is 4.74 Å². The Kier molecular flexibility index (Phi) is 5.55. The second-order valence-electron chi connectivity index (χ2n) is 5.33. The zero-order valence-corrected chi connectivity index (χ0v) is 13.5. The molecular weight excluding hydrogens is 268 g/mol. The van der Waals surface area contributed by atoms with Gasteiger partial charge in [-0.3, -0.25) is 0 Å². The first-order valence-electron chi connectivity index (χ1n) is 7.67. The molecule has 1 aliphatic rings. The first-order chi connectivity index (χ1) is 10.1. The van der Waals surface area contributed by atoms with Gasteiger partial charge in [0, 0.05) is 40.3 Å². The molecule has 2 heterocycles. The SMILES string of the molecule is CCNc1nc(N(C)C)nc(N2CCC(OCC)CC2)n1. The van der Waals surface area contributed by atoms with Crippen LogP contribution in [0.1, 0.15) is 26.7 Å². The Morgan fingerprint density at radius 3 is 2.48 bits per heavy atom. The highest BCUT2D eigenvalue weighted by Gasteiger charge is 2.22. The number of rotatable bonds is 6. The van der Waals surface area contributed by atoms with E-state index < -0.39 is 0 Å². The maximum atomic E-state index is 5.69. The molecule has 0 aliphatic carbocycles. The summed E-state index contributed by atoms with van der Waals surface area (Å²) in [7, 11) is 3.88. The third kappa shape index (κ3) is 4.17. The van der Waals surface area contributed by atoms with Crippen molar-refractivity contribution in [1.82, 2.24) is 15.0 Å². The average molecular weight is 294 g/mol. The second kappa shape index (κ2) is 7.40. The van der Waals surface area contributed by atoms with E-state index in [2.05, 4.69) is 25.2 Å². The lowest BCUT2D eigenvalue weighted by Gasteiger charge is -2.32. The van der Waals surface area contributed by atoms with Gasteiger partial charge in [0.1, 0.15) is 0 Å². The van der Waals surface area contributed by atoms with Crippen LogP contribution in [0.5, 0.6) is 0 Å². The molecule has 0 bridgehead atoms. The topological polar surface area (TPSA) is 66.4 Å². The molecule has 1 N–H and O–H groups in total. The first-order valence-corrected chi connectivity index (χ1v) is 7.67. The monoisotopic (exact) mass is 294 g/mol. The summed E-state index contributed by atoms with van der Waals surface area (Å²) in [6.45, 7) is 7.51. The van der Waals surface area contributed by atoms with E-state index in [-0.39, 0.29) is 0 Å². The van der Waals surface area contributed by atoms with Gasteiger partial charge in [-0.25, -0.2) is 0 Å². The lowest BCUT2D eigenvalue weighted by molar-refractivity contribution is 0.0457. The molecule has 0 radical (unpaired) electrons. The van der Waals surface area contributed by atoms with Crippen LogP contribution in [0.2, 0.25) is 0 Å². The van der Waals surface area contributed by atoms with Gasteiger partial charge >= 0.3 is 0 Å². The third-order valence-electron chi connectivity index (χ3n) is 3.47. The fourth-order valence-electron chi connectivity index (χ4n) is 2.39. The Hall–Kier alpha value is -1.63. The van der Waals surface area contributed by atoms with Crippen LogP contribution in [-0.4, -0.2) is 61.4 Å². The summed E-state index contributed by atoms with van der Waals surface area (Å²) >= 11 is 0. The van der Waals surface area contributed by atoms with E-state index in [1.54, 1.807) is 0 Å². The van der Waals surface area contributed by atoms with Crippen LogP contribution in [0.15, 0.2) is 0 Å². The molecule has 1 fully saturated rings. The minimum Gasteiger partial charge on any atom is -0.378 e. The highest BCUT2D eigenvalue weighted by atomic mass is 16.5. The summed E-state index contributed by atoms with van der Waals surface area (Å²) in [5.74, 6) is 2.07. The van der Waals surface area contributed by atoms with E-state index in [0.717, 1.165) is 45.0 Å². The van der Waals surface area contributed by atoms with Crippen LogP contribution in [0, 0.1) is 0 Å². The minimum atomic E-state index is 0.370. The summed E-state index contributed by atoms with van der Waals surface area (Å²) in [5, 5.41) is 3.17. The van der Waals surface area contributed by atoms with Crippen molar-refractivity contribution < 1.29 is 4.74 Å². The summed E-state index contributed by atoms with van der Waals surface area (Å²) in [5.41, 5.74) is 0. The molecule has 1 aliphatic heterocycles. The molecule has 0 aromatic carbocycles. The molecule has 7 nitrogen and oxygen atoms in total. The van der Waals surface area contributed by atoms with Crippen molar-refractivity contribution >= 4 is 17.8 Å². The van der Waals surface area contributed by atoms with Gasteiger partial charge in [0.25, 0.3) is 0 Å². The number of nitrogens with one attached hydrogen (secondary N) is 1. The van der Waals surface area contributed by atoms with Crippen LogP contribution in [0.25, 0.3) is 0 Å². The van der Waals surface area contributed by atoms with E-state index in [0.29, 0.717) is 18.0 Å². The maximum absolute atomic E-state index is 5.69. The molecule has 1 aromatic rings. The smallest absolute Gasteiger partial charge is 0.231 e. The predicted molar refractivity (Wildman–Crippen MR) is 85.2 cm³/mol. The van der Waals surface area contributed by atoms with E-state index in [9.17, 15) is 0 Å². The number of piperidine rings is 1. The zero-order valence-electron chi connectivity index (χ0n) is 13.5. The standard InChI is InChI=1S/C14H26N6O/c1-5-15-12-16-13(19(3)4)18-14(17-12)20-9-7-11(8-10-20)21-6-2/h11H,5-10H2,1-4H3,(H,15,16,17,18). The quantitative estimate of drug-likeness (QED) is 0.850. The lowest BCUT2D eigenvalue weighted by atomic mass is 10.1. The van der Waals surface area contributed by atoms with Crippen LogP contribution >= 0.6 is 0 Å². The summed E-state index contributed by atoms with van der Waals surface area (Å²) in [6, 6.07) is 0. The van der Waals surface area contributed by atoms with Crippen LogP contribution in [0.3, 0.4) is 0 Å². The molecule has 2 rings (SSSR count). The van der Waals surface area contributed by atoms with Crippen molar-refractivity contribution in [3.63, 3.8) is 0 Å². The number of nitrogens with zero attached hydrogens (tertiary/aromatic N) is 5. The van der Waals surface area contributed by atoms with Crippen LogP contribution in [0.4, 0.5) is 17.8 Å². The normalized spacial score (nSPS) is 16.1. The second-order valence-corrected chi connectivity index (χ2v) is 5.33. The lowest BCUT2D eigenvalue weighted by Crippen LogP contribution is -2.38. The van der Waals surface area contributed by atoms with Crippen LogP contribution in [-0.2, 0) is 4.74 Å². The molecule has 0 unspecified atom stereocenters. The molecule has 0 saturated carbocycles. The minimum absolute atomic E-state index is 0.370. The van der Waals surface area contributed by atoms with E-state index >= 15 is 0 Å². The van der Waals surface area contributed by atoms with Crippen LogP contribution < -0.4 is 15.1 Å². The molecule has 118 valence electrons. The number of ether oxygens (including phenoxy) is 1. The molecule has 7 heteroatoms. The molecule has 21 heavy (non-hydrogen) atoms. The van der Waals surface area contributed by atoms with Crippen molar-refractivity contribution in [2.24, 2.45) is 0 Å². The summed E-state index contributed by atoms with van der Waals surface area (Å²) in [6.07, 6.45) is 2.41. The van der Waals surface area contributed by atoms with Crippen molar-refractivity contribution in [2.75, 3.05) is 55.5 Å². The maximum Gasteiger partial charge on any atom is 0.231 e. The number of anilines is 3. The Morgan fingerprint density at radius 2 is 1.90 bits per heavy atom. The molecule has 0 atom stereocenters. The number of hydrogen-bond donors (Lipinski definition) is 1. The molecular formula is C14H26N6O. The van der Waals surface area contributed by atoms with Gasteiger partial charge in [0.2, 0.25) is 17.8 Å². The number of aromatic nitrogens is 3. The van der Waals surface area contributed by atoms with Gasteiger partial charge in [0.05, 0.1) is 6.10 Å². The Morgan fingerprint density at radius 1 is 1.19 bits per heavy atom. The average Bonchev–Trinajstić information content (AvgIpc) is 2.48. The van der Waals surface area contributed by atoms with Crippen molar-refractivity contribution in [3.8, 4) is 0 Å². The van der Waals surface area contributed by atoms with Crippen molar-refractivity contribution in [2.45, 2.75) is 32.8 Å². The van der Waals surface area contributed by atoms with Gasteiger partial charge in [-0.2, -0.15) is 15.0 Å². The molecule has 1 aromatic heterocycles. The first kappa shape index (κ1) is 15.8. The van der Waals surface area contributed by atoms with Gasteiger partial charge in [-0.1, -0.05) is 0 Å². The van der Waals surface area contributed by atoms with Gasteiger partial charge in [-0.15, -0.1) is 0 Å². The summed E-state index contributed by atoms with van der Waals surface area (Å²) < 4.78 is 5.69. The Labute approximate surface area is 126 Å². The summed E-state index contributed by atoms with van der Waals surface area (Å²) in [4.78, 5) is 17.6. The van der Waals surface area contributed by atoms with E-state index in [1.807, 2.05) is 32.8 Å². The number of hydrogen-bond acceptors (Lipinski definition) is 7. The fraction of sp³-hybridized carbons (Fsp3) is 0.786. The fourth-order valence-corrected chi connectivity index (χ4v) is 2.39. The molecule has 0 amide bonds.